The van der Waals surface area contributed by atoms with Crippen LogP contribution in [0.5, 0.6) is 0 Å². The van der Waals surface area contributed by atoms with E-state index in [0.29, 0.717) is 0 Å². The van der Waals surface area contributed by atoms with Crippen molar-refractivity contribution in [1.29, 1.82) is 0 Å². The van der Waals surface area contributed by atoms with Crippen molar-refractivity contribution < 1.29 is 0 Å². The quantitative estimate of drug-likeness (QED) is 0.278. The van der Waals surface area contributed by atoms with Crippen molar-refractivity contribution in [2.24, 2.45) is 0 Å². The topological polar surface area (TPSA) is 44.3 Å². The second-order valence-electron chi connectivity index (χ2n) is 9.98. The average Bonchev–Trinajstić information content (AvgIpc) is 2.98. The van der Waals surface area contributed by atoms with E-state index in [0.717, 1.165) is 55.4 Å². The number of para-hydroxylation sites is 1. The summed E-state index contributed by atoms with van der Waals surface area (Å²) in [4.78, 5) is 14.9. The molecule has 38 heavy (non-hydrogen) atoms. The van der Waals surface area contributed by atoms with E-state index in [4.69, 9.17) is 9.97 Å². The molecule has 0 saturated carbocycles. The number of piperazine rings is 1. The number of anilines is 2. The molecule has 0 unspecified atom stereocenters. The summed E-state index contributed by atoms with van der Waals surface area (Å²) in [6.45, 7) is 6.48. The molecule has 190 valence electrons. The summed E-state index contributed by atoms with van der Waals surface area (Å²) < 4.78 is 0. The van der Waals surface area contributed by atoms with Gasteiger partial charge in [-0.25, -0.2) is 4.98 Å². The highest BCUT2D eigenvalue weighted by Crippen LogP contribution is 2.31. The van der Waals surface area contributed by atoms with Crippen LogP contribution in [0.4, 0.5) is 11.8 Å². The predicted octanol–water partition coefficient (Wildman–Crippen LogP) is 6.46. The summed E-state index contributed by atoms with van der Waals surface area (Å²) in [6, 6.07) is 38.8. The summed E-state index contributed by atoms with van der Waals surface area (Å²) in [5.41, 5.74) is 6.14. The van der Waals surface area contributed by atoms with Crippen molar-refractivity contribution >= 4 is 22.7 Å². The first-order valence-electron chi connectivity index (χ1n) is 13.4. The molecule has 5 heteroatoms. The van der Waals surface area contributed by atoms with E-state index in [1.165, 1.54) is 22.3 Å². The monoisotopic (exact) mass is 499 g/mol. The van der Waals surface area contributed by atoms with E-state index in [-0.39, 0.29) is 6.04 Å². The van der Waals surface area contributed by atoms with Crippen molar-refractivity contribution in [2.45, 2.75) is 19.5 Å². The van der Waals surface area contributed by atoms with Crippen LogP contribution < -0.4 is 10.2 Å². The number of rotatable bonds is 7. The molecule has 2 heterocycles. The second kappa shape index (κ2) is 11.0. The summed E-state index contributed by atoms with van der Waals surface area (Å²) in [7, 11) is 0. The van der Waals surface area contributed by atoms with Crippen LogP contribution in [0.2, 0.25) is 0 Å². The zero-order valence-electron chi connectivity index (χ0n) is 21.8. The molecule has 0 radical (unpaired) electrons. The number of aryl methyl sites for hydroxylation is 1. The Morgan fingerprint density at radius 2 is 1.29 bits per heavy atom. The van der Waals surface area contributed by atoms with Crippen molar-refractivity contribution in [3.63, 3.8) is 0 Å². The highest BCUT2D eigenvalue weighted by molar-refractivity contribution is 5.90. The van der Waals surface area contributed by atoms with Crippen molar-refractivity contribution in [3.8, 4) is 0 Å². The van der Waals surface area contributed by atoms with Crippen LogP contribution in [-0.4, -0.2) is 41.0 Å². The summed E-state index contributed by atoms with van der Waals surface area (Å²) >= 11 is 0. The molecule has 0 aliphatic carbocycles. The van der Waals surface area contributed by atoms with Crippen LogP contribution in [-0.2, 0) is 6.54 Å². The van der Waals surface area contributed by atoms with Gasteiger partial charge in [0.25, 0.3) is 0 Å². The molecule has 1 aromatic heterocycles. The number of hydrogen-bond acceptors (Lipinski definition) is 5. The Bertz CT molecular complexity index is 1440. The van der Waals surface area contributed by atoms with Gasteiger partial charge in [0.15, 0.2) is 0 Å². The number of nitrogens with zero attached hydrogens (tertiary/aromatic N) is 4. The largest absolute Gasteiger partial charge is 0.365 e. The van der Waals surface area contributed by atoms with Gasteiger partial charge in [-0.1, -0.05) is 103 Å². The lowest BCUT2D eigenvalue weighted by Gasteiger charge is -2.40. The molecule has 0 atom stereocenters. The van der Waals surface area contributed by atoms with Crippen LogP contribution in [0.3, 0.4) is 0 Å². The van der Waals surface area contributed by atoms with Crippen LogP contribution in [0.15, 0.2) is 109 Å². The van der Waals surface area contributed by atoms with E-state index in [1.807, 2.05) is 6.07 Å². The molecule has 1 aliphatic rings. The van der Waals surface area contributed by atoms with E-state index < -0.39 is 0 Å². The molecule has 6 rings (SSSR count). The fraction of sp³-hybridized carbons (Fsp3) is 0.212. The van der Waals surface area contributed by atoms with Crippen LogP contribution in [0.25, 0.3) is 10.9 Å². The van der Waals surface area contributed by atoms with E-state index in [1.54, 1.807) is 0 Å². The van der Waals surface area contributed by atoms with Crippen molar-refractivity contribution in [3.05, 3.63) is 131 Å². The van der Waals surface area contributed by atoms with Gasteiger partial charge < -0.3 is 10.2 Å². The Balaban J connectivity index is 1.23. The molecular formula is C33H33N5. The standard InChI is InChI=1S/C33H33N5/c1-25-16-18-26(19-17-25)24-34-32-29-14-8-9-15-30(29)35-33(36-32)38-22-20-37(21-23-38)31(27-10-4-2-5-11-27)28-12-6-3-7-13-28/h2-19,31H,20-24H2,1H3,(H,34,35,36). The number of aromatic nitrogens is 2. The molecular weight excluding hydrogens is 466 g/mol. The molecule has 0 amide bonds. The van der Waals surface area contributed by atoms with Crippen LogP contribution >= 0.6 is 0 Å². The average molecular weight is 500 g/mol. The van der Waals surface area contributed by atoms with Crippen molar-refractivity contribution in [2.75, 3.05) is 36.4 Å². The fourth-order valence-corrected chi connectivity index (χ4v) is 5.30. The van der Waals surface area contributed by atoms with Gasteiger partial charge in [0.1, 0.15) is 5.82 Å². The lowest BCUT2D eigenvalue weighted by Crippen LogP contribution is -2.48. The highest BCUT2D eigenvalue weighted by Gasteiger charge is 2.27. The molecule has 5 nitrogen and oxygen atoms in total. The van der Waals surface area contributed by atoms with Gasteiger partial charge in [-0.2, -0.15) is 4.98 Å². The molecule has 0 bridgehead atoms. The third-order valence-electron chi connectivity index (χ3n) is 7.36. The highest BCUT2D eigenvalue weighted by atomic mass is 15.3. The van der Waals surface area contributed by atoms with Gasteiger partial charge >= 0.3 is 0 Å². The smallest absolute Gasteiger partial charge is 0.227 e. The first-order valence-corrected chi connectivity index (χ1v) is 13.4. The Hall–Kier alpha value is -4.22. The second-order valence-corrected chi connectivity index (χ2v) is 9.98. The lowest BCUT2D eigenvalue weighted by atomic mass is 9.96. The number of nitrogens with one attached hydrogen (secondary N) is 1. The van der Waals surface area contributed by atoms with E-state index in [9.17, 15) is 0 Å². The Morgan fingerprint density at radius 3 is 1.95 bits per heavy atom. The minimum absolute atomic E-state index is 0.240. The first kappa shape index (κ1) is 24.1. The SMILES string of the molecule is Cc1ccc(CNc2nc(N3CCN(C(c4ccccc4)c4ccccc4)CC3)nc3ccccc23)cc1. The maximum absolute atomic E-state index is 5.03. The molecule has 1 saturated heterocycles. The Morgan fingerprint density at radius 1 is 0.684 bits per heavy atom. The fourth-order valence-electron chi connectivity index (χ4n) is 5.30. The molecule has 1 N–H and O–H groups in total. The lowest BCUT2D eigenvalue weighted by molar-refractivity contribution is 0.211. The minimum atomic E-state index is 0.240. The number of benzene rings is 4. The van der Waals surface area contributed by atoms with Gasteiger partial charge in [-0.15, -0.1) is 0 Å². The van der Waals surface area contributed by atoms with Gasteiger partial charge in [-0.3, -0.25) is 4.90 Å². The zero-order chi connectivity index (χ0) is 25.7. The maximum Gasteiger partial charge on any atom is 0.227 e. The zero-order valence-corrected chi connectivity index (χ0v) is 21.8. The molecule has 1 aliphatic heterocycles. The molecule has 5 aromatic rings. The van der Waals surface area contributed by atoms with Crippen LogP contribution in [0.1, 0.15) is 28.3 Å². The molecule has 0 spiro atoms. The summed E-state index contributed by atoms with van der Waals surface area (Å²) in [6.07, 6.45) is 0. The van der Waals surface area contributed by atoms with Crippen molar-refractivity contribution in [1.82, 2.24) is 14.9 Å². The minimum Gasteiger partial charge on any atom is -0.365 e. The Labute approximate surface area is 224 Å². The molecule has 4 aromatic carbocycles. The third kappa shape index (κ3) is 5.24. The first-order chi connectivity index (χ1) is 18.7. The number of fused-ring (bicyclic) bond motifs is 1. The third-order valence-corrected chi connectivity index (χ3v) is 7.36. The summed E-state index contributed by atoms with van der Waals surface area (Å²) in [5.74, 6) is 1.69. The normalized spacial score (nSPS) is 14.2. The number of hydrogen-bond donors (Lipinski definition) is 1. The van der Waals surface area contributed by atoms with Gasteiger partial charge in [-0.05, 0) is 35.7 Å². The molecule has 1 fully saturated rings. The van der Waals surface area contributed by atoms with Gasteiger partial charge in [0.2, 0.25) is 5.95 Å². The van der Waals surface area contributed by atoms with E-state index in [2.05, 4.69) is 125 Å². The van der Waals surface area contributed by atoms with Crippen LogP contribution in [0, 0.1) is 6.92 Å². The van der Waals surface area contributed by atoms with Gasteiger partial charge in [0, 0.05) is 38.1 Å². The Kier molecular flexibility index (Phi) is 7.01. The summed E-state index contributed by atoms with van der Waals surface area (Å²) in [5, 5.41) is 4.64. The van der Waals surface area contributed by atoms with E-state index >= 15 is 0 Å². The maximum atomic E-state index is 5.03. The predicted molar refractivity (Wildman–Crippen MR) is 157 cm³/mol. The van der Waals surface area contributed by atoms with Gasteiger partial charge in [0.05, 0.1) is 11.6 Å².